The lowest BCUT2D eigenvalue weighted by Crippen LogP contribution is -2.28. The van der Waals surface area contributed by atoms with Crippen molar-refractivity contribution < 1.29 is 14.3 Å². The van der Waals surface area contributed by atoms with E-state index in [9.17, 15) is 9.59 Å². The SMILES string of the molecule is Cc1c(NC(=O)C2CCOCC2)cccc1-c1ccc(C(N)=O)c2[nH]c(C3=CCC(C)CC3)cc12. The summed E-state index contributed by atoms with van der Waals surface area (Å²) in [5.74, 6) is 0.272. The Bertz CT molecular complexity index is 1310. The zero-order valence-corrected chi connectivity index (χ0v) is 20.4. The van der Waals surface area contributed by atoms with Crippen LogP contribution in [0.25, 0.3) is 27.6 Å². The summed E-state index contributed by atoms with van der Waals surface area (Å²) in [5, 5.41) is 4.11. The van der Waals surface area contributed by atoms with E-state index in [-0.39, 0.29) is 11.8 Å². The average molecular weight is 472 g/mol. The van der Waals surface area contributed by atoms with Crippen LogP contribution in [0.4, 0.5) is 5.69 Å². The van der Waals surface area contributed by atoms with E-state index in [2.05, 4.69) is 35.4 Å². The van der Waals surface area contributed by atoms with Gasteiger partial charge in [-0.1, -0.05) is 31.2 Å². The number of rotatable bonds is 5. The second-order valence-corrected chi connectivity index (χ2v) is 9.96. The molecule has 2 amide bonds. The quantitative estimate of drug-likeness (QED) is 0.438. The lowest BCUT2D eigenvalue weighted by atomic mass is 9.89. The van der Waals surface area contributed by atoms with Crippen LogP contribution in [0.1, 0.15) is 60.6 Å². The summed E-state index contributed by atoms with van der Waals surface area (Å²) in [4.78, 5) is 28.6. The number of H-pyrrole nitrogens is 1. The fourth-order valence-corrected chi connectivity index (χ4v) is 5.30. The van der Waals surface area contributed by atoms with Crippen molar-refractivity contribution in [2.45, 2.75) is 46.0 Å². The summed E-state index contributed by atoms with van der Waals surface area (Å²) in [5.41, 5.74) is 13.1. The summed E-state index contributed by atoms with van der Waals surface area (Å²) >= 11 is 0. The molecular weight excluding hydrogens is 438 g/mol. The molecule has 1 aromatic heterocycles. The first-order chi connectivity index (χ1) is 16.9. The Labute approximate surface area is 205 Å². The van der Waals surface area contributed by atoms with Crippen LogP contribution in [-0.4, -0.2) is 30.0 Å². The van der Waals surface area contributed by atoms with E-state index in [1.807, 2.05) is 25.1 Å². The van der Waals surface area contributed by atoms with Crippen LogP contribution in [0, 0.1) is 18.8 Å². The molecule has 0 spiro atoms. The molecule has 3 aromatic rings. The Morgan fingerprint density at radius 3 is 2.60 bits per heavy atom. The van der Waals surface area contributed by atoms with Crippen LogP contribution < -0.4 is 11.1 Å². The van der Waals surface area contributed by atoms with Gasteiger partial charge in [0.15, 0.2) is 0 Å². The molecule has 6 heteroatoms. The first-order valence-electron chi connectivity index (χ1n) is 12.6. The number of nitrogens with two attached hydrogens (primary N) is 1. The molecule has 0 saturated carbocycles. The molecule has 0 bridgehead atoms. The first kappa shape index (κ1) is 23.4. The number of ether oxygens (including phenoxy) is 1. The molecule has 5 rings (SSSR count). The molecule has 1 fully saturated rings. The number of carbonyl (C=O) groups is 2. The Morgan fingerprint density at radius 2 is 1.89 bits per heavy atom. The van der Waals surface area contributed by atoms with Gasteiger partial charge in [0.05, 0.1) is 11.1 Å². The van der Waals surface area contributed by atoms with Gasteiger partial charge in [0.1, 0.15) is 0 Å². The highest BCUT2D eigenvalue weighted by Crippen LogP contribution is 2.38. The zero-order valence-electron chi connectivity index (χ0n) is 20.4. The monoisotopic (exact) mass is 471 g/mol. The van der Waals surface area contributed by atoms with Crippen molar-refractivity contribution in [1.29, 1.82) is 0 Å². The smallest absolute Gasteiger partial charge is 0.250 e. The molecule has 1 unspecified atom stereocenters. The van der Waals surface area contributed by atoms with Crippen molar-refractivity contribution in [2.75, 3.05) is 18.5 Å². The van der Waals surface area contributed by atoms with Gasteiger partial charge in [-0.2, -0.15) is 0 Å². The van der Waals surface area contributed by atoms with E-state index in [1.165, 1.54) is 5.57 Å². The predicted octanol–water partition coefficient (Wildman–Crippen LogP) is 5.81. The minimum Gasteiger partial charge on any atom is -0.381 e. The van der Waals surface area contributed by atoms with Gasteiger partial charge in [0, 0.05) is 35.9 Å². The number of amides is 2. The van der Waals surface area contributed by atoms with Gasteiger partial charge in [-0.15, -0.1) is 0 Å². The Kier molecular flexibility index (Phi) is 6.48. The Morgan fingerprint density at radius 1 is 1.09 bits per heavy atom. The van der Waals surface area contributed by atoms with Crippen molar-refractivity contribution >= 4 is 34.0 Å². The maximum atomic E-state index is 12.9. The fourth-order valence-electron chi connectivity index (χ4n) is 5.30. The van der Waals surface area contributed by atoms with E-state index < -0.39 is 5.91 Å². The number of hydrogen-bond acceptors (Lipinski definition) is 3. The van der Waals surface area contributed by atoms with Gasteiger partial charge < -0.3 is 20.8 Å². The molecule has 1 saturated heterocycles. The number of anilines is 1. The molecule has 1 aliphatic heterocycles. The van der Waals surface area contributed by atoms with Crippen LogP contribution in [0.3, 0.4) is 0 Å². The van der Waals surface area contributed by atoms with Gasteiger partial charge >= 0.3 is 0 Å². The standard InChI is InChI=1S/C29H33N3O3/c1-17-6-8-19(9-7-17)26-16-24-22(10-11-23(28(30)33)27(24)31-26)21-4-3-5-25(18(21)2)32-29(34)20-12-14-35-15-13-20/h3-5,8,10-11,16-17,20,31H,6-7,9,12-15H2,1-2H3,(H2,30,33)(H,32,34). The highest BCUT2D eigenvalue weighted by Gasteiger charge is 2.23. The van der Waals surface area contributed by atoms with Crippen molar-refractivity contribution in [3.8, 4) is 11.1 Å². The van der Waals surface area contributed by atoms with Crippen LogP contribution in [-0.2, 0) is 9.53 Å². The second-order valence-electron chi connectivity index (χ2n) is 9.96. The molecular formula is C29H33N3O3. The number of hydrogen-bond donors (Lipinski definition) is 3. The third kappa shape index (κ3) is 4.63. The van der Waals surface area contributed by atoms with Gasteiger partial charge in [-0.3, -0.25) is 9.59 Å². The number of fused-ring (bicyclic) bond motifs is 1. The maximum absolute atomic E-state index is 12.9. The Balaban J connectivity index is 1.55. The summed E-state index contributed by atoms with van der Waals surface area (Å²) in [6.45, 7) is 5.57. The van der Waals surface area contributed by atoms with E-state index in [0.29, 0.717) is 24.7 Å². The molecule has 2 heterocycles. The number of aromatic amines is 1. The molecule has 35 heavy (non-hydrogen) atoms. The molecule has 1 aliphatic carbocycles. The number of allylic oxidation sites excluding steroid dienone is 2. The average Bonchev–Trinajstić information content (AvgIpc) is 3.31. The third-order valence-electron chi connectivity index (χ3n) is 7.55. The van der Waals surface area contributed by atoms with Crippen LogP contribution in [0.2, 0.25) is 0 Å². The number of primary amides is 1. The molecule has 2 aromatic carbocycles. The third-order valence-corrected chi connectivity index (χ3v) is 7.55. The highest BCUT2D eigenvalue weighted by atomic mass is 16.5. The number of aromatic nitrogens is 1. The summed E-state index contributed by atoms with van der Waals surface area (Å²) in [7, 11) is 0. The predicted molar refractivity (Wildman–Crippen MR) is 140 cm³/mol. The van der Waals surface area contributed by atoms with Gasteiger partial charge in [0.2, 0.25) is 5.91 Å². The Hall–Kier alpha value is -3.38. The molecule has 1 atom stereocenters. The van der Waals surface area contributed by atoms with Gasteiger partial charge in [-0.25, -0.2) is 0 Å². The number of nitrogens with one attached hydrogen (secondary N) is 2. The van der Waals surface area contributed by atoms with Gasteiger partial charge in [-0.05, 0) is 85.4 Å². The summed E-state index contributed by atoms with van der Waals surface area (Å²) < 4.78 is 5.40. The highest BCUT2D eigenvalue weighted by molar-refractivity contribution is 6.10. The summed E-state index contributed by atoms with van der Waals surface area (Å²) in [6, 6.07) is 11.9. The van der Waals surface area contributed by atoms with Crippen molar-refractivity contribution in [1.82, 2.24) is 4.98 Å². The molecule has 0 radical (unpaired) electrons. The largest absolute Gasteiger partial charge is 0.381 e. The fraction of sp³-hybridized carbons (Fsp3) is 0.379. The maximum Gasteiger partial charge on any atom is 0.250 e. The zero-order chi connectivity index (χ0) is 24.5. The van der Waals surface area contributed by atoms with Crippen molar-refractivity contribution in [3.63, 3.8) is 0 Å². The lowest BCUT2D eigenvalue weighted by molar-refractivity contribution is -0.122. The molecule has 4 N–H and O–H groups in total. The minimum atomic E-state index is -0.449. The summed E-state index contributed by atoms with van der Waals surface area (Å²) in [6.07, 6.45) is 7.04. The topological polar surface area (TPSA) is 97.2 Å². The van der Waals surface area contributed by atoms with Crippen LogP contribution in [0.15, 0.2) is 42.5 Å². The van der Waals surface area contributed by atoms with E-state index >= 15 is 0 Å². The van der Waals surface area contributed by atoms with Gasteiger partial charge in [0.25, 0.3) is 5.91 Å². The van der Waals surface area contributed by atoms with E-state index in [4.69, 9.17) is 10.5 Å². The van der Waals surface area contributed by atoms with E-state index in [0.717, 1.165) is 71.1 Å². The minimum absolute atomic E-state index is 0.0212. The molecule has 2 aliphatic rings. The van der Waals surface area contributed by atoms with Crippen molar-refractivity contribution in [3.05, 3.63) is 59.3 Å². The second kappa shape index (κ2) is 9.70. The van der Waals surface area contributed by atoms with Crippen LogP contribution in [0.5, 0.6) is 0 Å². The van der Waals surface area contributed by atoms with E-state index in [1.54, 1.807) is 6.07 Å². The number of benzene rings is 2. The molecule has 6 nitrogen and oxygen atoms in total. The van der Waals surface area contributed by atoms with Crippen molar-refractivity contribution in [2.24, 2.45) is 17.6 Å². The lowest BCUT2D eigenvalue weighted by Gasteiger charge is -2.22. The van der Waals surface area contributed by atoms with Crippen LogP contribution >= 0.6 is 0 Å². The number of carbonyl (C=O) groups excluding carboxylic acids is 2. The first-order valence-corrected chi connectivity index (χ1v) is 12.6. The molecule has 182 valence electrons. The normalized spacial score (nSPS) is 18.9.